The third-order valence-corrected chi connectivity index (χ3v) is 24.4. The van der Waals surface area contributed by atoms with E-state index in [4.69, 9.17) is 0 Å². The average Bonchev–Trinajstić information content (AvgIpc) is 0.933. The maximum absolute atomic E-state index is 2.54. The fraction of sp³-hybridized carbons (Fsp3) is 0.118. The molecular weight excluding hydrogens is 1250 g/mol. The van der Waals surface area contributed by atoms with Gasteiger partial charge in [0.15, 0.2) is 0 Å². The van der Waals surface area contributed by atoms with Crippen molar-refractivity contribution in [2.75, 3.05) is 9.80 Å². The summed E-state index contributed by atoms with van der Waals surface area (Å²) in [5.74, 6) is 0. The Morgan fingerprint density at radius 3 is 0.731 bits per heavy atom. The smallest absolute Gasteiger partial charge is 0.0546 e. The summed E-state index contributed by atoms with van der Waals surface area (Å²) in [6.45, 7) is 19.2. The van der Waals surface area contributed by atoms with Crippen molar-refractivity contribution in [1.82, 2.24) is 0 Å². The van der Waals surface area contributed by atoms with Crippen molar-refractivity contribution in [3.63, 3.8) is 0 Å². The van der Waals surface area contributed by atoms with Crippen LogP contribution in [0, 0.1) is 0 Å². The van der Waals surface area contributed by atoms with E-state index in [0.29, 0.717) is 0 Å². The van der Waals surface area contributed by atoms with Crippen LogP contribution in [0.2, 0.25) is 0 Å². The molecule has 0 N–H and O–H groups in total. The van der Waals surface area contributed by atoms with Gasteiger partial charge in [-0.2, -0.15) is 0 Å². The van der Waals surface area contributed by atoms with Gasteiger partial charge >= 0.3 is 0 Å². The number of rotatable bonds is 10. The van der Waals surface area contributed by atoms with E-state index in [9.17, 15) is 0 Å². The molecule has 4 aliphatic carbocycles. The van der Waals surface area contributed by atoms with Gasteiger partial charge in [0, 0.05) is 55.2 Å². The van der Waals surface area contributed by atoms with E-state index < -0.39 is 0 Å². The van der Waals surface area contributed by atoms with Gasteiger partial charge in [0.1, 0.15) is 0 Å². The van der Waals surface area contributed by atoms with Crippen molar-refractivity contribution in [2.24, 2.45) is 0 Å². The molecule has 16 aromatic rings. The SMILES string of the molecule is CC1(C)c2ccccc2-c2ccc(-c3ccc4c(c3)C(C)(C)c3cc(-c5cccc(N(c6cccc(-c7ccc8c(c7)C(C)(C)c7cc(-c9ccc%10c(c9)C(C)(C)c9ccccc9-%10)ccc7-8)c6)c6cc7c8ccccc8c(N(c8ccccc8)c8ccccc8)cc7c7ccccc67)c5)ccc3-4)cc21. The van der Waals surface area contributed by atoms with Crippen LogP contribution >= 0.6 is 0 Å². The molecule has 2 nitrogen and oxygen atoms in total. The Balaban J connectivity index is 0.710. The lowest BCUT2D eigenvalue weighted by Crippen LogP contribution is -2.15. The molecule has 2 heteroatoms. The van der Waals surface area contributed by atoms with E-state index in [2.05, 4.69) is 393 Å². The molecule has 496 valence electrons. The first-order valence-electron chi connectivity index (χ1n) is 36.9. The van der Waals surface area contributed by atoms with Crippen molar-refractivity contribution >= 4 is 66.4 Å². The van der Waals surface area contributed by atoms with Crippen LogP contribution in [-0.4, -0.2) is 0 Å². The Hall–Kier alpha value is -12.1. The molecular formula is C102H78N2. The van der Waals surface area contributed by atoms with Gasteiger partial charge in [0.2, 0.25) is 0 Å². The van der Waals surface area contributed by atoms with Gasteiger partial charge in [-0.05, 0) is 252 Å². The fourth-order valence-corrected chi connectivity index (χ4v) is 18.9. The molecule has 0 saturated heterocycles. The number of hydrogen-bond acceptors (Lipinski definition) is 2. The first kappa shape index (κ1) is 61.7. The molecule has 0 amide bonds. The predicted octanol–water partition coefficient (Wildman–Crippen LogP) is 28.0. The Morgan fingerprint density at radius 1 is 0.163 bits per heavy atom. The minimum Gasteiger partial charge on any atom is -0.310 e. The minimum absolute atomic E-state index is 0.0707. The zero-order valence-corrected chi connectivity index (χ0v) is 60.1. The monoisotopic (exact) mass is 1330 g/mol. The minimum atomic E-state index is -0.245. The lowest BCUT2D eigenvalue weighted by Gasteiger charge is -2.30. The highest BCUT2D eigenvalue weighted by atomic mass is 15.2. The second-order valence-electron chi connectivity index (χ2n) is 31.6. The number of nitrogens with zero attached hydrogens (tertiary/aromatic N) is 2. The molecule has 0 saturated carbocycles. The molecule has 16 aromatic carbocycles. The second kappa shape index (κ2) is 22.7. The first-order valence-corrected chi connectivity index (χ1v) is 36.9. The molecule has 0 atom stereocenters. The highest BCUT2D eigenvalue weighted by molar-refractivity contribution is 6.25. The van der Waals surface area contributed by atoms with Crippen LogP contribution < -0.4 is 9.80 Å². The van der Waals surface area contributed by atoms with E-state index in [1.165, 1.54) is 155 Å². The second-order valence-corrected chi connectivity index (χ2v) is 31.6. The molecule has 0 aliphatic heterocycles. The molecule has 20 rings (SSSR count). The zero-order valence-electron chi connectivity index (χ0n) is 60.1. The lowest BCUT2D eigenvalue weighted by atomic mass is 9.80. The molecule has 0 aromatic heterocycles. The van der Waals surface area contributed by atoms with Crippen LogP contribution in [0.25, 0.3) is 121 Å². The Bertz CT molecular complexity index is 6000. The van der Waals surface area contributed by atoms with Crippen molar-refractivity contribution in [1.29, 1.82) is 0 Å². The lowest BCUT2D eigenvalue weighted by molar-refractivity contribution is 0.659. The Kier molecular flexibility index (Phi) is 13.5. The van der Waals surface area contributed by atoms with E-state index in [0.717, 1.165) is 45.3 Å². The third-order valence-electron chi connectivity index (χ3n) is 24.4. The van der Waals surface area contributed by atoms with Gasteiger partial charge in [0.25, 0.3) is 0 Å². The topological polar surface area (TPSA) is 6.48 Å². The zero-order chi connectivity index (χ0) is 70.1. The first-order chi connectivity index (χ1) is 50.6. The van der Waals surface area contributed by atoms with Crippen molar-refractivity contribution in [3.05, 3.63) is 372 Å². The summed E-state index contributed by atoms with van der Waals surface area (Å²) in [6.07, 6.45) is 0. The maximum atomic E-state index is 2.54. The van der Waals surface area contributed by atoms with Crippen molar-refractivity contribution in [2.45, 2.75) is 77.0 Å². The number of benzene rings is 16. The van der Waals surface area contributed by atoms with Gasteiger partial charge in [0.05, 0.1) is 11.4 Å². The summed E-state index contributed by atoms with van der Waals surface area (Å²) in [7, 11) is 0. The molecule has 4 aliphatic rings. The molecule has 0 bridgehead atoms. The summed E-state index contributed by atoms with van der Waals surface area (Å²) in [6, 6.07) is 124. The average molecular weight is 1330 g/mol. The summed E-state index contributed by atoms with van der Waals surface area (Å²) >= 11 is 0. The van der Waals surface area contributed by atoms with Gasteiger partial charge < -0.3 is 9.80 Å². The van der Waals surface area contributed by atoms with Crippen LogP contribution in [0.15, 0.2) is 328 Å². The molecule has 0 unspecified atom stereocenters. The highest BCUT2D eigenvalue weighted by Gasteiger charge is 2.41. The van der Waals surface area contributed by atoms with Gasteiger partial charge in [-0.15, -0.1) is 0 Å². The summed E-state index contributed by atoms with van der Waals surface area (Å²) in [5, 5.41) is 7.12. The number of para-hydroxylation sites is 2. The quantitative estimate of drug-likeness (QED) is 0.126. The number of fused-ring (bicyclic) bond motifs is 17. The van der Waals surface area contributed by atoms with E-state index in [-0.39, 0.29) is 21.7 Å². The van der Waals surface area contributed by atoms with Crippen molar-refractivity contribution < 1.29 is 0 Å². The number of anilines is 6. The fourth-order valence-electron chi connectivity index (χ4n) is 18.9. The van der Waals surface area contributed by atoms with Crippen molar-refractivity contribution in [3.8, 4) is 89.0 Å². The molecule has 0 fully saturated rings. The van der Waals surface area contributed by atoms with Crippen LogP contribution in [0.3, 0.4) is 0 Å². The normalized spacial score (nSPS) is 14.7. The number of hydrogen-bond donors (Lipinski definition) is 0. The summed E-state index contributed by atoms with van der Waals surface area (Å²) in [4.78, 5) is 4.96. The third kappa shape index (κ3) is 9.20. The van der Waals surface area contributed by atoms with Gasteiger partial charge in [-0.3, -0.25) is 0 Å². The van der Waals surface area contributed by atoms with Gasteiger partial charge in [-0.25, -0.2) is 0 Å². The largest absolute Gasteiger partial charge is 0.310 e. The van der Waals surface area contributed by atoms with Crippen LogP contribution in [0.1, 0.15) is 99.9 Å². The molecule has 0 spiro atoms. The van der Waals surface area contributed by atoms with E-state index in [1.54, 1.807) is 0 Å². The summed E-state index contributed by atoms with van der Waals surface area (Å²) in [5.41, 5.74) is 37.4. The van der Waals surface area contributed by atoms with Crippen LogP contribution in [-0.2, 0) is 21.7 Å². The van der Waals surface area contributed by atoms with Crippen LogP contribution in [0.4, 0.5) is 34.1 Å². The molecule has 0 heterocycles. The molecule has 104 heavy (non-hydrogen) atoms. The maximum Gasteiger partial charge on any atom is 0.0546 e. The molecule has 0 radical (unpaired) electrons. The summed E-state index contributed by atoms with van der Waals surface area (Å²) < 4.78 is 0. The highest BCUT2D eigenvalue weighted by Crippen LogP contribution is 2.57. The Labute approximate surface area is 610 Å². The standard InChI is InChI=1S/C102H78N2/c1-99(2)89-39-21-19-35-77(89)79-47-43-67(57-91(79)99)69-45-51-83-81-49-41-65(55-93(81)101(5,6)95(83)59-69)63-25-23-31-73(53-63)104(98-62-88-75-33-15-17-37-85(75)97(61-87(88)76-34-16-18-38-86(76)98)103(71-27-11-9-12-28-71)72-29-13-10-14-30-72)74-32-24-26-64(54-74)66-42-50-82-84-52-46-70(60-96(84)102(7,8)94(82)56-66)68-44-48-80-78-36-20-22-40-90(78)100(3,4)92(80)58-68/h9-62H,1-8H3. The Morgan fingerprint density at radius 2 is 0.404 bits per heavy atom. The van der Waals surface area contributed by atoms with Gasteiger partial charge in [-0.1, -0.05) is 286 Å². The predicted molar refractivity (Wildman–Crippen MR) is 440 cm³/mol. The van der Waals surface area contributed by atoms with E-state index >= 15 is 0 Å². The van der Waals surface area contributed by atoms with Crippen LogP contribution in [0.5, 0.6) is 0 Å². The van der Waals surface area contributed by atoms with E-state index in [1.807, 2.05) is 0 Å².